The van der Waals surface area contributed by atoms with Crippen molar-refractivity contribution in [3.63, 3.8) is 0 Å². The summed E-state index contributed by atoms with van der Waals surface area (Å²) in [6.07, 6.45) is 3.78. The lowest BCUT2D eigenvalue weighted by Gasteiger charge is -2.26. The Morgan fingerprint density at radius 3 is 2.55 bits per heavy atom. The van der Waals surface area contributed by atoms with Gasteiger partial charge < -0.3 is 19.3 Å². The molecule has 38 heavy (non-hydrogen) atoms. The van der Waals surface area contributed by atoms with Gasteiger partial charge >= 0.3 is 0 Å². The van der Waals surface area contributed by atoms with Crippen molar-refractivity contribution < 1.29 is 19.3 Å². The number of fused-ring (bicyclic) bond motifs is 3. The van der Waals surface area contributed by atoms with Crippen molar-refractivity contribution in [1.82, 2.24) is 9.88 Å². The Kier molecular flexibility index (Phi) is 9.00. The van der Waals surface area contributed by atoms with Crippen LogP contribution in [0.2, 0.25) is 0 Å². The average molecular weight is 511 g/mol. The van der Waals surface area contributed by atoms with Crippen LogP contribution < -0.4 is 9.47 Å². The van der Waals surface area contributed by atoms with Crippen molar-refractivity contribution in [3.05, 3.63) is 114 Å². The summed E-state index contributed by atoms with van der Waals surface area (Å²) in [4.78, 5) is 6.37. The summed E-state index contributed by atoms with van der Waals surface area (Å²) >= 11 is 0. The number of rotatable bonds is 6. The molecule has 0 aliphatic carbocycles. The van der Waals surface area contributed by atoms with Gasteiger partial charge in [0.25, 0.3) is 0 Å². The largest absolute Gasteiger partial charge is 0.491 e. The van der Waals surface area contributed by atoms with Gasteiger partial charge in [0.2, 0.25) is 0 Å². The molecule has 2 bridgehead atoms. The monoisotopic (exact) mass is 510 g/mol. The molecule has 0 fully saturated rings. The fourth-order valence-electron chi connectivity index (χ4n) is 4.70. The molecular formula is C32H34N2O4. The van der Waals surface area contributed by atoms with Crippen LogP contribution in [0.15, 0.2) is 97.3 Å². The fourth-order valence-corrected chi connectivity index (χ4v) is 4.70. The van der Waals surface area contributed by atoms with Crippen molar-refractivity contribution >= 4 is 0 Å². The molecule has 1 aliphatic rings. The number of aliphatic hydroxyl groups excluding tert-OH is 1. The first-order valence-corrected chi connectivity index (χ1v) is 13.1. The minimum atomic E-state index is -0.612. The van der Waals surface area contributed by atoms with Gasteiger partial charge in [-0.15, -0.1) is 0 Å². The van der Waals surface area contributed by atoms with Crippen LogP contribution in [0, 0.1) is 0 Å². The van der Waals surface area contributed by atoms with E-state index < -0.39 is 6.10 Å². The number of aliphatic hydroxyl groups is 1. The molecule has 1 aromatic heterocycles. The van der Waals surface area contributed by atoms with E-state index in [1.165, 1.54) is 11.1 Å². The van der Waals surface area contributed by atoms with E-state index in [0.29, 0.717) is 32.9 Å². The van der Waals surface area contributed by atoms with Crippen LogP contribution in [0.5, 0.6) is 11.5 Å². The van der Waals surface area contributed by atoms with Crippen molar-refractivity contribution in [2.24, 2.45) is 0 Å². The van der Waals surface area contributed by atoms with Crippen LogP contribution in [0.25, 0.3) is 11.1 Å². The van der Waals surface area contributed by atoms with E-state index in [9.17, 15) is 5.11 Å². The maximum atomic E-state index is 10.7. The maximum Gasteiger partial charge on any atom is 0.122 e. The van der Waals surface area contributed by atoms with Crippen LogP contribution in [-0.2, 0) is 17.7 Å². The maximum absolute atomic E-state index is 10.7. The SMILES string of the molecule is OC(COc1ccccc1)CN1CCOCCOc2ccc(-c3ccncc3)cc2Cc2cccc(c2)C1. The second-order valence-corrected chi connectivity index (χ2v) is 9.53. The number of benzene rings is 3. The highest BCUT2D eigenvalue weighted by atomic mass is 16.5. The summed E-state index contributed by atoms with van der Waals surface area (Å²) in [5.74, 6) is 1.65. The topological polar surface area (TPSA) is 64.1 Å². The summed E-state index contributed by atoms with van der Waals surface area (Å²) in [5.41, 5.74) is 5.83. The smallest absolute Gasteiger partial charge is 0.122 e. The lowest BCUT2D eigenvalue weighted by atomic mass is 9.97. The molecule has 1 aliphatic heterocycles. The summed E-state index contributed by atoms with van der Waals surface area (Å²) in [7, 11) is 0. The summed E-state index contributed by atoms with van der Waals surface area (Å²) in [5, 5.41) is 10.7. The van der Waals surface area contributed by atoms with Gasteiger partial charge in [0.05, 0.1) is 13.2 Å². The van der Waals surface area contributed by atoms with Crippen molar-refractivity contribution in [2.45, 2.75) is 19.1 Å². The third-order valence-corrected chi connectivity index (χ3v) is 6.56. The number of nitrogens with zero attached hydrogens (tertiary/aromatic N) is 2. The first-order valence-electron chi connectivity index (χ1n) is 13.1. The number of β-amino-alcohol motifs (C(OH)–C–C–N with tert-alkyl or cyclic N) is 1. The summed E-state index contributed by atoms with van der Waals surface area (Å²) < 4.78 is 17.8. The minimum Gasteiger partial charge on any atom is -0.491 e. The highest BCUT2D eigenvalue weighted by molar-refractivity contribution is 5.65. The Hall–Kier alpha value is -3.71. The second-order valence-electron chi connectivity index (χ2n) is 9.53. The van der Waals surface area contributed by atoms with Gasteiger partial charge in [-0.3, -0.25) is 9.88 Å². The molecule has 1 unspecified atom stereocenters. The molecule has 0 saturated heterocycles. The van der Waals surface area contributed by atoms with Gasteiger partial charge in [-0.25, -0.2) is 0 Å². The van der Waals surface area contributed by atoms with Crippen LogP contribution in [0.1, 0.15) is 16.7 Å². The van der Waals surface area contributed by atoms with Gasteiger partial charge in [0, 0.05) is 38.4 Å². The molecule has 4 aromatic rings. The Morgan fingerprint density at radius 1 is 0.842 bits per heavy atom. The quantitative estimate of drug-likeness (QED) is 0.394. The Morgan fingerprint density at radius 2 is 1.68 bits per heavy atom. The van der Waals surface area contributed by atoms with Crippen LogP contribution in [0.4, 0.5) is 0 Å². The van der Waals surface area contributed by atoms with Crippen LogP contribution >= 0.6 is 0 Å². The summed E-state index contributed by atoms with van der Waals surface area (Å²) in [6, 6.07) is 28.6. The number of ether oxygens (including phenoxy) is 3. The second kappa shape index (κ2) is 13.2. The van der Waals surface area contributed by atoms with Gasteiger partial charge in [-0.2, -0.15) is 0 Å². The third-order valence-electron chi connectivity index (χ3n) is 6.56. The lowest BCUT2D eigenvalue weighted by molar-refractivity contribution is 0.0409. The predicted molar refractivity (Wildman–Crippen MR) is 148 cm³/mol. The Balaban J connectivity index is 1.31. The van der Waals surface area contributed by atoms with Crippen molar-refractivity contribution in [3.8, 4) is 22.6 Å². The third kappa shape index (κ3) is 7.42. The number of hydrogen-bond donors (Lipinski definition) is 1. The van der Waals surface area contributed by atoms with E-state index in [4.69, 9.17) is 14.2 Å². The molecule has 0 amide bonds. The number of para-hydroxylation sites is 1. The highest BCUT2D eigenvalue weighted by Crippen LogP contribution is 2.29. The van der Waals surface area contributed by atoms with Gasteiger partial charge in [-0.05, 0) is 64.2 Å². The fraction of sp³-hybridized carbons (Fsp3) is 0.281. The van der Waals surface area contributed by atoms with Gasteiger partial charge in [0.1, 0.15) is 30.8 Å². The normalized spacial score (nSPS) is 15.5. The zero-order valence-electron chi connectivity index (χ0n) is 21.5. The first-order chi connectivity index (χ1) is 18.7. The Bertz CT molecular complexity index is 1280. The molecule has 6 heteroatoms. The van der Waals surface area contributed by atoms with E-state index in [1.807, 2.05) is 54.9 Å². The Labute approximate surface area is 224 Å². The van der Waals surface area contributed by atoms with E-state index in [0.717, 1.165) is 41.2 Å². The van der Waals surface area contributed by atoms with E-state index >= 15 is 0 Å². The molecule has 3 aromatic carbocycles. The van der Waals surface area contributed by atoms with E-state index in [1.54, 1.807) is 0 Å². The van der Waals surface area contributed by atoms with Crippen LogP contribution in [-0.4, -0.2) is 60.6 Å². The molecule has 2 heterocycles. The summed E-state index contributed by atoms with van der Waals surface area (Å²) in [6.45, 7) is 3.71. The molecule has 6 nitrogen and oxygen atoms in total. The standard InChI is InChI=1S/C32H34N2O4/c35-30(24-38-31-7-2-1-3-8-31)23-34-15-16-36-17-18-37-32-10-9-28(27-11-13-33-14-12-27)21-29(32)20-25-5-4-6-26(19-25)22-34/h1-14,19,21,30,35H,15-18,20,22-24H2. The van der Waals surface area contributed by atoms with E-state index in [-0.39, 0.29) is 6.61 Å². The molecule has 196 valence electrons. The number of aromatic nitrogens is 1. The van der Waals surface area contributed by atoms with Crippen LogP contribution in [0.3, 0.4) is 0 Å². The first kappa shape index (κ1) is 25.9. The average Bonchev–Trinajstić information content (AvgIpc) is 2.95. The van der Waals surface area contributed by atoms with Crippen molar-refractivity contribution in [2.75, 3.05) is 39.5 Å². The van der Waals surface area contributed by atoms with E-state index in [2.05, 4.69) is 52.3 Å². The molecule has 1 atom stereocenters. The number of pyridine rings is 1. The highest BCUT2D eigenvalue weighted by Gasteiger charge is 2.15. The molecule has 0 spiro atoms. The number of hydrogen-bond acceptors (Lipinski definition) is 6. The molecular weight excluding hydrogens is 476 g/mol. The molecule has 0 radical (unpaired) electrons. The lowest BCUT2D eigenvalue weighted by Crippen LogP contribution is -2.37. The van der Waals surface area contributed by atoms with Crippen molar-refractivity contribution in [1.29, 1.82) is 0 Å². The zero-order valence-corrected chi connectivity index (χ0v) is 21.5. The predicted octanol–water partition coefficient (Wildman–Crippen LogP) is 4.99. The van der Waals surface area contributed by atoms with Gasteiger partial charge in [-0.1, -0.05) is 48.5 Å². The van der Waals surface area contributed by atoms with Gasteiger partial charge in [0.15, 0.2) is 0 Å². The molecule has 5 rings (SSSR count). The minimum absolute atomic E-state index is 0.242. The molecule has 0 saturated carbocycles. The molecule has 1 N–H and O–H groups in total. The zero-order chi connectivity index (χ0) is 26.0.